The summed E-state index contributed by atoms with van der Waals surface area (Å²) >= 11 is 0. The van der Waals surface area contributed by atoms with Crippen molar-refractivity contribution in [1.82, 2.24) is 20.2 Å². The Hall–Kier alpha value is -2.62. The highest BCUT2D eigenvalue weighted by Crippen LogP contribution is 2.42. The fraction of sp³-hybridized carbons (Fsp3) is 0.522. The third-order valence-corrected chi connectivity index (χ3v) is 6.96. The van der Waals surface area contributed by atoms with Gasteiger partial charge in [0.05, 0.1) is 47.8 Å². The van der Waals surface area contributed by atoms with E-state index in [1.165, 1.54) is 12.3 Å². The van der Waals surface area contributed by atoms with Crippen LogP contribution >= 0.6 is 0 Å². The molecule has 4 N–H and O–H groups in total. The van der Waals surface area contributed by atoms with E-state index in [2.05, 4.69) is 20.1 Å². The van der Waals surface area contributed by atoms with Gasteiger partial charge in [-0.1, -0.05) is 7.43 Å². The lowest BCUT2D eigenvalue weighted by molar-refractivity contribution is 0.0973. The molecular weight excluding hydrogens is 411 g/mol. The molecule has 0 aliphatic carbocycles. The molecule has 172 valence electrons. The summed E-state index contributed by atoms with van der Waals surface area (Å²) in [6.07, 6.45) is 3.36. The molecule has 1 spiro atoms. The monoisotopic (exact) mass is 442 g/mol. The molecule has 2 aliphatic rings. The van der Waals surface area contributed by atoms with Gasteiger partial charge in [-0.05, 0) is 38.8 Å². The van der Waals surface area contributed by atoms with Crippen LogP contribution in [0, 0.1) is 18.2 Å². The van der Waals surface area contributed by atoms with Crippen LogP contribution in [-0.4, -0.2) is 57.1 Å². The normalized spacial score (nSPS) is 22.5. The van der Waals surface area contributed by atoms with Crippen molar-refractivity contribution in [1.29, 1.82) is 0 Å². The fourth-order valence-corrected chi connectivity index (χ4v) is 4.96. The maximum atomic E-state index is 14.5. The summed E-state index contributed by atoms with van der Waals surface area (Å²) in [5.74, 6) is 0.310. The zero-order valence-electron chi connectivity index (χ0n) is 17.7. The first-order valence-electron chi connectivity index (χ1n) is 10.7. The topological polar surface area (TPSA) is 113 Å². The van der Waals surface area contributed by atoms with Gasteiger partial charge in [-0.15, -0.1) is 0 Å². The highest BCUT2D eigenvalue weighted by Gasteiger charge is 2.47. The highest BCUT2D eigenvalue weighted by molar-refractivity contribution is 5.84. The van der Waals surface area contributed by atoms with Crippen molar-refractivity contribution in [2.75, 3.05) is 24.6 Å². The van der Waals surface area contributed by atoms with Crippen molar-refractivity contribution in [2.24, 2.45) is 11.1 Å². The van der Waals surface area contributed by atoms with Crippen molar-refractivity contribution in [2.45, 2.75) is 52.9 Å². The summed E-state index contributed by atoms with van der Waals surface area (Å²) in [4.78, 5) is 11.6. The number of hydrogen-bond acceptors (Lipinski definition) is 7. The van der Waals surface area contributed by atoms with Gasteiger partial charge in [0, 0.05) is 30.1 Å². The molecule has 2 aliphatic heterocycles. The number of fused-ring (bicyclic) bond motifs is 1. The highest BCUT2D eigenvalue weighted by atomic mass is 19.1. The molecule has 2 atom stereocenters. The number of ether oxygens (including phenoxy) is 1. The Morgan fingerprint density at radius 3 is 2.72 bits per heavy atom. The van der Waals surface area contributed by atoms with Crippen molar-refractivity contribution in [3.63, 3.8) is 0 Å². The number of aromatic amines is 1. The first kappa shape index (κ1) is 22.6. The Morgan fingerprint density at radius 2 is 2.06 bits per heavy atom. The molecule has 3 aromatic rings. The van der Waals surface area contributed by atoms with Crippen molar-refractivity contribution in [3.05, 3.63) is 35.5 Å². The molecule has 2 fully saturated rings. The van der Waals surface area contributed by atoms with Gasteiger partial charge in [-0.3, -0.25) is 5.10 Å². The zero-order valence-corrected chi connectivity index (χ0v) is 17.7. The van der Waals surface area contributed by atoms with Gasteiger partial charge in [0.2, 0.25) is 0 Å². The van der Waals surface area contributed by atoms with Crippen LogP contribution in [0.1, 0.15) is 38.6 Å². The van der Waals surface area contributed by atoms with Crippen molar-refractivity contribution in [3.8, 4) is 11.3 Å². The summed E-state index contributed by atoms with van der Waals surface area (Å²) in [5, 5.41) is 17.2. The lowest BCUT2D eigenvalue weighted by Crippen LogP contribution is -2.51. The molecule has 0 saturated carbocycles. The third-order valence-electron chi connectivity index (χ3n) is 6.96. The van der Waals surface area contributed by atoms with Crippen LogP contribution in [0.2, 0.25) is 0 Å². The van der Waals surface area contributed by atoms with E-state index in [1.54, 1.807) is 6.07 Å². The van der Waals surface area contributed by atoms with Crippen LogP contribution in [0.15, 0.2) is 18.3 Å². The Bertz CT molecular complexity index is 1130. The SMILES string of the molecule is C.Cc1nc(N2CCC3(CC2)CO[C@@H](C)[C@H]3N)c(CO)nc1-c1cc(F)c2cn[nH]c2c1. The van der Waals surface area contributed by atoms with Crippen molar-refractivity contribution < 1.29 is 14.2 Å². The smallest absolute Gasteiger partial charge is 0.153 e. The van der Waals surface area contributed by atoms with E-state index in [-0.39, 0.29) is 37.4 Å². The number of benzene rings is 1. The molecule has 5 rings (SSSR count). The number of aliphatic hydroxyl groups excluding tert-OH is 1. The van der Waals surface area contributed by atoms with Gasteiger partial charge in [0.25, 0.3) is 0 Å². The lowest BCUT2D eigenvalue weighted by Gasteiger charge is -2.42. The van der Waals surface area contributed by atoms with E-state index in [4.69, 9.17) is 15.5 Å². The van der Waals surface area contributed by atoms with E-state index in [9.17, 15) is 9.50 Å². The molecule has 4 heterocycles. The molecule has 2 saturated heterocycles. The van der Waals surface area contributed by atoms with E-state index in [0.717, 1.165) is 25.9 Å². The van der Waals surface area contributed by atoms with Crippen LogP contribution in [0.25, 0.3) is 22.2 Å². The number of halogens is 1. The number of aromatic nitrogens is 4. The number of aryl methyl sites for hydroxylation is 1. The fourth-order valence-electron chi connectivity index (χ4n) is 4.96. The Morgan fingerprint density at radius 1 is 1.31 bits per heavy atom. The van der Waals surface area contributed by atoms with Gasteiger partial charge in [0.1, 0.15) is 11.5 Å². The van der Waals surface area contributed by atoms with E-state index >= 15 is 0 Å². The average molecular weight is 443 g/mol. The number of nitrogens with two attached hydrogens (primary N) is 1. The maximum absolute atomic E-state index is 14.5. The number of piperidine rings is 1. The maximum Gasteiger partial charge on any atom is 0.153 e. The summed E-state index contributed by atoms with van der Waals surface area (Å²) in [7, 11) is 0. The van der Waals surface area contributed by atoms with Gasteiger partial charge in [-0.2, -0.15) is 5.10 Å². The molecule has 0 radical (unpaired) electrons. The summed E-state index contributed by atoms with van der Waals surface area (Å²) in [5.41, 5.74) is 9.35. The largest absolute Gasteiger partial charge is 0.390 e. The zero-order chi connectivity index (χ0) is 21.8. The second-order valence-corrected chi connectivity index (χ2v) is 8.77. The molecular formula is C23H31FN6O2. The van der Waals surface area contributed by atoms with Crippen molar-refractivity contribution >= 4 is 16.7 Å². The van der Waals surface area contributed by atoms with Gasteiger partial charge < -0.3 is 20.5 Å². The predicted molar refractivity (Wildman–Crippen MR) is 122 cm³/mol. The van der Waals surface area contributed by atoms with Crippen LogP contribution in [0.5, 0.6) is 0 Å². The second kappa shape index (κ2) is 8.38. The van der Waals surface area contributed by atoms with E-state index in [0.29, 0.717) is 46.0 Å². The number of nitrogens with one attached hydrogen (secondary N) is 1. The van der Waals surface area contributed by atoms with Gasteiger partial charge in [-0.25, -0.2) is 14.4 Å². The summed E-state index contributed by atoms with van der Waals surface area (Å²) in [6, 6.07) is 3.27. The Balaban J connectivity index is 0.00000245. The lowest BCUT2D eigenvalue weighted by atomic mass is 9.73. The molecule has 0 amide bonds. The molecule has 8 nitrogen and oxygen atoms in total. The first-order valence-corrected chi connectivity index (χ1v) is 10.7. The molecule has 0 unspecified atom stereocenters. The number of rotatable bonds is 3. The van der Waals surface area contributed by atoms with Gasteiger partial charge in [0.15, 0.2) is 5.82 Å². The molecule has 32 heavy (non-hydrogen) atoms. The quantitative estimate of drug-likeness (QED) is 0.571. The average Bonchev–Trinajstić information content (AvgIpc) is 3.35. The number of hydrogen-bond donors (Lipinski definition) is 3. The number of H-pyrrole nitrogens is 1. The minimum Gasteiger partial charge on any atom is -0.390 e. The third kappa shape index (κ3) is 3.54. The Labute approximate surface area is 187 Å². The molecule has 9 heteroatoms. The summed E-state index contributed by atoms with van der Waals surface area (Å²) in [6.45, 7) is 5.90. The van der Waals surface area contributed by atoms with Crippen LogP contribution in [-0.2, 0) is 11.3 Å². The van der Waals surface area contributed by atoms with E-state index < -0.39 is 0 Å². The minimum atomic E-state index is -0.372. The second-order valence-electron chi connectivity index (χ2n) is 8.77. The van der Waals surface area contributed by atoms with E-state index in [1.807, 2.05) is 13.8 Å². The van der Waals surface area contributed by atoms with Crippen LogP contribution in [0.4, 0.5) is 10.2 Å². The number of anilines is 1. The van der Waals surface area contributed by atoms with Gasteiger partial charge >= 0.3 is 0 Å². The Kier molecular flexibility index (Phi) is 5.91. The van der Waals surface area contributed by atoms with Crippen LogP contribution < -0.4 is 10.6 Å². The standard InChI is InChI=1S/C22H27FN6O2.CH4/c1-12-19(14-7-16(23)15-9-25-28-17(15)8-14)27-18(10-30)21(26-12)29-5-3-22(4-6-29)11-31-13(2)20(22)24;/h7-9,13,20,30H,3-6,10-11,24H2,1-2H3,(H,25,28);1H4/t13-,20+;/m0./s1. The number of aliphatic hydroxyl groups is 1. The molecule has 2 aromatic heterocycles. The molecule has 0 bridgehead atoms. The predicted octanol–water partition coefficient (Wildman–Crippen LogP) is 2.93. The number of nitrogens with zero attached hydrogens (tertiary/aromatic N) is 4. The minimum absolute atomic E-state index is 0. The summed E-state index contributed by atoms with van der Waals surface area (Å²) < 4.78 is 20.3. The molecule has 1 aromatic carbocycles. The first-order chi connectivity index (χ1) is 14.9. The van der Waals surface area contributed by atoms with Crippen LogP contribution in [0.3, 0.4) is 0 Å².